The van der Waals surface area contributed by atoms with Crippen molar-refractivity contribution in [1.29, 1.82) is 0 Å². The van der Waals surface area contributed by atoms with E-state index < -0.39 is 9.84 Å². The normalized spacial score (nSPS) is 11.7. The lowest BCUT2D eigenvalue weighted by Crippen LogP contribution is -2.11. The molecule has 0 atom stereocenters. The minimum Gasteiger partial charge on any atom is -0.217 e. The van der Waals surface area contributed by atoms with Gasteiger partial charge in [-0.05, 0) is 30.9 Å². The average Bonchev–Trinajstić information content (AvgIpc) is 2.19. The van der Waals surface area contributed by atoms with Crippen molar-refractivity contribution < 1.29 is 8.42 Å². The Hall–Kier alpha value is -0.260. The van der Waals surface area contributed by atoms with Crippen molar-refractivity contribution in [1.82, 2.24) is 0 Å². The maximum absolute atomic E-state index is 12.2. The minimum absolute atomic E-state index is 0.232. The second kappa shape index (κ2) is 5.18. The fourth-order valence-electron chi connectivity index (χ4n) is 1.19. The molecule has 0 saturated carbocycles. The summed E-state index contributed by atoms with van der Waals surface area (Å²) in [5, 5.41) is 0. The predicted octanol–water partition coefficient (Wildman–Crippen LogP) is 2.44. The molecule has 0 aromatic heterocycles. The Kier molecular flexibility index (Phi) is 4.43. The van der Waals surface area contributed by atoms with Crippen molar-refractivity contribution in [3.8, 4) is 0 Å². The van der Waals surface area contributed by atoms with Gasteiger partial charge in [0.1, 0.15) is 3.53 Å². The van der Waals surface area contributed by atoms with Gasteiger partial charge in [0.25, 0.3) is 0 Å². The van der Waals surface area contributed by atoms with E-state index in [1.165, 1.54) is 11.8 Å². The van der Waals surface area contributed by atoms with Crippen LogP contribution in [0.3, 0.4) is 0 Å². The van der Waals surface area contributed by atoms with Crippen molar-refractivity contribution in [2.75, 3.05) is 18.8 Å². The number of hydrogen-bond acceptors (Lipinski definition) is 3. The third-order valence-corrected chi connectivity index (χ3v) is 8.42. The van der Waals surface area contributed by atoms with Gasteiger partial charge in [-0.1, -0.05) is 18.2 Å². The summed E-state index contributed by atoms with van der Waals surface area (Å²) >= 11 is 1.32. The molecule has 84 valence electrons. The van der Waals surface area contributed by atoms with Gasteiger partial charge in [-0.15, -0.1) is 11.8 Å². The summed E-state index contributed by atoms with van der Waals surface area (Å²) in [7, 11) is -3.49. The van der Waals surface area contributed by atoms with Crippen molar-refractivity contribution in [3.05, 3.63) is 30.3 Å². The van der Waals surface area contributed by atoms with Gasteiger partial charge >= 0.3 is 0 Å². The van der Waals surface area contributed by atoms with Crippen molar-refractivity contribution >= 4 is 35.6 Å². The first-order valence-electron chi connectivity index (χ1n) is 4.29. The molecule has 15 heavy (non-hydrogen) atoms. The number of hydrogen-bond donors (Lipinski definition) is 0. The van der Waals surface area contributed by atoms with E-state index in [0.29, 0.717) is 8.42 Å². The number of thioether (sulfide) groups is 1. The van der Waals surface area contributed by atoms with Gasteiger partial charge in [-0.2, -0.15) is 10.5 Å². The third-order valence-electron chi connectivity index (χ3n) is 1.77. The van der Waals surface area contributed by atoms with Crippen LogP contribution in [0.2, 0.25) is 0 Å². The second-order valence-corrected chi connectivity index (χ2v) is 8.61. The van der Waals surface area contributed by atoms with Gasteiger partial charge in [0.2, 0.25) is 9.84 Å². The van der Waals surface area contributed by atoms with E-state index in [4.69, 9.17) is 0 Å². The standard InChI is InChI=1S/C10H14O2S3/c1-13-10(14(2)3)15(11,12)9-7-5-4-6-8-9/h4-8H,1-3H3. The molecule has 0 heterocycles. The van der Waals surface area contributed by atoms with E-state index in [2.05, 4.69) is 0 Å². The van der Waals surface area contributed by atoms with Crippen molar-refractivity contribution in [2.45, 2.75) is 4.90 Å². The monoisotopic (exact) mass is 262 g/mol. The zero-order chi connectivity index (χ0) is 11.5. The molecule has 1 rings (SSSR count). The lowest BCUT2D eigenvalue weighted by molar-refractivity contribution is 0.608. The molecule has 0 radical (unpaired) electrons. The van der Waals surface area contributed by atoms with Gasteiger partial charge in [-0.25, -0.2) is 8.42 Å². The molecule has 0 N–H and O–H groups in total. The molecule has 2 nitrogen and oxygen atoms in total. The fraction of sp³-hybridized carbons (Fsp3) is 0.300. The smallest absolute Gasteiger partial charge is 0.217 e. The highest BCUT2D eigenvalue weighted by atomic mass is 32.3. The minimum atomic E-state index is -3.26. The molecule has 0 saturated heterocycles. The van der Waals surface area contributed by atoms with Crippen LogP contribution in [-0.2, 0) is 9.84 Å². The molecule has 0 aliphatic rings. The third kappa shape index (κ3) is 2.86. The van der Waals surface area contributed by atoms with Crippen LogP contribution < -0.4 is 0 Å². The molecule has 5 heteroatoms. The largest absolute Gasteiger partial charge is 0.217 e. The molecule has 1 aromatic carbocycles. The van der Waals surface area contributed by atoms with E-state index >= 15 is 0 Å². The van der Waals surface area contributed by atoms with Gasteiger partial charge in [-0.3, -0.25) is 0 Å². The molecule has 0 spiro atoms. The van der Waals surface area contributed by atoms with Crippen molar-refractivity contribution in [3.63, 3.8) is 0 Å². The SMILES string of the molecule is CSC(=S(C)C)S(=O)(=O)c1ccccc1. The lowest BCUT2D eigenvalue weighted by atomic mass is 10.4. The summed E-state index contributed by atoms with van der Waals surface area (Å²) in [4.78, 5) is 0.385. The molecular weight excluding hydrogens is 248 g/mol. The molecule has 0 bridgehead atoms. The summed E-state index contributed by atoms with van der Waals surface area (Å²) in [6.07, 6.45) is 5.65. The van der Waals surface area contributed by atoms with Crippen LogP contribution in [-0.4, -0.2) is 30.7 Å². The predicted molar refractivity (Wildman–Crippen MR) is 71.6 cm³/mol. The lowest BCUT2D eigenvalue weighted by Gasteiger charge is -2.08. The first kappa shape index (κ1) is 12.8. The zero-order valence-electron chi connectivity index (χ0n) is 8.93. The Morgan fingerprint density at radius 2 is 1.73 bits per heavy atom. The highest BCUT2D eigenvalue weighted by Crippen LogP contribution is 2.24. The van der Waals surface area contributed by atoms with E-state index in [1.54, 1.807) is 24.3 Å². The molecule has 0 aliphatic carbocycles. The molecule has 1 aromatic rings. The topological polar surface area (TPSA) is 34.1 Å². The van der Waals surface area contributed by atoms with Crippen LogP contribution >= 0.6 is 22.2 Å². The van der Waals surface area contributed by atoms with Crippen molar-refractivity contribution in [2.24, 2.45) is 0 Å². The number of sulfone groups is 1. The second-order valence-electron chi connectivity index (χ2n) is 3.09. The van der Waals surface area contributed by atoms with Gasteiger partial charge in [0, 0.05) is 0 Å². The van der Waals surface area contributed by atoms with Crippen LogP contribution in [0.5, 0.6) is 0 Å². The van der Waals surface area contributed by atoms with Crippen LogP contribution in [0.25, 0.3) is 0 Å². The first-order chi connectivity index (χ1) is 7.00. The van der Waals surface area contributed by atoms with Crippen LogP contribution in [0.1, 0.15) is 0 Å². The number of rotatable bonds is 1. The van der Waals surface area contributed by atoms with Crippen LogP contribution in [0, 0.1) is 0 Å². The van der Waals surface area contributed by atoms with Gasteiger partial charge in [0.05, 0.1) is 4.90 Å². The molecule has 0 unspecified atom stereocenters. The van der Waals surface area contributed by atoms with E-state index in [1.807, 2.05) is 24.8 Å². The Morgan fingerprint density at radius 1 is 1.20 bits per heavy atom. The number of benzene rings is 1. The van der Waals surface area contributed by atoms with E-state index in [-0.39, 0.29) is 10.5 Å². The fourth-order valence-corrected chi connectivity index (χ4v) is 6.44. The molecule has 0 amide bonds. The Balaban J connectivity index is 3.32. The van der Waals surface area contributed by atoms with E-state index in [0.717, 1.165) is 0 Å². The molecule has 0 fully saturated rings. The van der Waals surface area contributed by atoms with Crippen LogP contribution in [0.4, 0.5) is 0 Å². The molecule has 0 aliphatic heterocycles. The summed E-state index contributed by atoms with van der Waals surface area (Å²) in [6.45, 7) is 0. The van der Waals surface area contributed by atoms with Gasteiger partial charge in [0.15, 0.2) is 0 Å². The Labute approximate surface area is 97.9 Å². The van der Waals surface area contributed by atoms with Gasteiger partial charge < -0.3 is 0 Å². The van der Waals surface area contributed by atoms with E-state index in [9.17, 15) is 8.42 Å². The summed E-state index contributed by atoms with van der Waals surface area (Å²) in [5.74, 6) is 0. The summed E-state index contributed by atoms with van der Waals surface area (Å²) in [6, 6.07) is 8.58. The summed E-state index contributed by atoms with van der Waals surface area (Å²) in [5.41, 5.74) is 0. The average molecular weight is 262 g/mol. The summed E-state index contributed by atoms with van der Waals surface area (Å²) < 4.78 is 24.9. The first-order valence-corrected chi connectivity index (χ1v) is 9.03. The zero-order valence-corrected chi connectivity index (χ0v) is 11.4. The quantitative estimate of drug-likeness (QED) is 0.729. The Morgan fingerprint density at radius 3 is 2.13 bits per heavy atom. The highest BCUT2D eigenvalue weighted by Gasteiger charge is 2.20. The van der Waals surface area contributed by atoms with Crippen LogP contribution in [0.15, 0.2) is 35.2 Å². The molecular formula is C10H14O2S3. The highest BCUT2D eigenvalue weighted by molar-refractivity contribution is 8.50. The maximum Gasteiger partial charge on any atom is 0.217 e. The Bertz CT molecular complexity index is 457. The maximum atomic E-state index is 12.2.